The van der Waals surface area contributed by atoms with Crippen molar-refractivity contribution < 1.29 is 0 Å². The van der Waals surface area contributed by atoms with Crippen LogP contribution >= 0.6 is 27.7 Å². The molecule has 0 radical (unpaired) electrons. The Morgan fingerprint density at radius 3 is 2.46 bits per heavy atom. The third-order valence-electron chi connectivity index (χ3n) is 2.23. The number of hydrogen-bond donors (Lipinski definition) is 1. The van der Waals surface area contributed by atoms with Crippen molar-refractivity contribution in [1.29, 1.82) is 0 Å². The first-order valence-corrected chi connectivity index (χ1v) is 6.13. The molecule has 0 heterocycles. The van der Waals surface area contributed by atoms with Crippen LogP contribution in [0.4, 0.5) is 0 Å². The Morgan fingerprint density at radius 1 is 1.31 bits per heavy atom. The molecule has 0 atom stereocenters. The molecule has 0 amide bonds. The van der Waals surface area contributed by atoms with E-state index in [1.165, 1.54) is 17.7 Å². The number of hydrogen-bond acceptors (Lipinski definition) is 2. The highest BCUT2D eigenvalue weighted by molar-refractivity contribution is 9.10. The minimum atomic E-state index is 0.151. The summed E-state index contributed by atoms with van der Waals surface area (Å²) in [6.07, 6.45) is 2.38. The van der Waals surface area contributed by atoms with Gasteiger partial charge in [0, 0.05) is 20.7 Å². The van der Waals surface area contributed by atoms with Gasteiger partial charge >= 0.3 is 0 Å². The van der Waals surface area contributed by atoms with Gasteiger partial charge in [-0.15, -0.1) is 11.8 Å². The first kappa shape index (κ1) is 9.56. The van der Waals surface area contributed by atoms with E-state index in [0.29, 0.717) is 0 Å². The molecule has 70 valence electrons. The molecule has 0 bridgehead atoms. The van der Waals surface area contributed by atoms with Crippen LogP contribution in [0.3, 0.4) is 0 Å². The lowest BCUT2D eigenvalue weighted by atomic mass is 10.4. The summed E-state index contributed by atoms with van der Waals surface area (Å²) >= 11 is 5.27. The Balaban J connectivity index is 1.91. The molecule has 13 heavy (non-hydrogen) atoms. The van der Waals surface area contributed by atoms with Crippen LogP contribution in [0.5, 0.6) is 0 Å². The molecule has 1 fully saturated rings. The van der Waals surface area contributed by atoms with Crippen molar-refractivity contribution in [3.63, 3.8) is 0 Å². The molecule has 0 aliphatic heterocycles. The van der Waals surface area contributed by atoms with Crippen LogP contribution in [0, 0.1) is 0 Å². The number of benzene rings is 1. The second kappa shape index (κ2) is 3.64. The van der Waals surface area contributed by atoms with Crippen molar-refractivity contribution >= 4 is 27.7 Å². The average Bonchev–Trinajstić information content (AvgIpc) is 2.84. The van der Waals surface area contributed by atoms with Crippen molar-refractivity contribution in [2.45, 2.75) is 23.3 Å². The summed E-state index contributed by atoms with van der Waals surface area (Å²) < 4.78 is 1.13. The standard InChI is InChI=1S/C10H12BrNS/c11-8-1-3-9(4-2-8)13-7-10(12)5-6-10/h1-4H,5-7,12H2. The zero-order chi connectivity index (χ0) is 9.31. The topological polar surface area (TPSA) is 26.0 Å². The van der Waals surface area contributed by atoms with Gasteiger partial charge in [0.2, 0.25) is 0 Å². The summed E-state index contributed by atoms with van der Waals surface area (Å²) in [7, 11) is 0. The van der Waals surface area contributed by atoms with Gasteiger partial charge in [-0.25, -0.2) is 0 Å². The van der Waals surface area contributed by atoms with E-state index in [9.17, 15) is 0 Å². The molecule has 0 aromatic heterocycles. The Labute approximate surface area is 91.2 Å². The molecule has 1 aromatic rings. The van der Waals surface area contributed by atoms with Gasteiger partial charge in [0.1, 0.15) is 0 Å². The molecule has 1 aliphatic rings. The summed E-state index contributed by atoms with van der Waals surface area (Å²) in [4.78, 5) is 1.31. The highest BCUT2D eigenvalue weighted by atomic mass is 79.9. The number of halogens is 1. The summed E-state index contributed by atoms with van der Waals surface area (Å²) in [5.74, 6) is 1.05. The lowest BCUT2D eigenvalue weighted by Gasteiger charge is -2.07. The third-order valence-corrected chi connectivity index (χ3v) is 4.09. The number of nitrogens with two attached hydrogens (primary N) is 1. The molecule has 3 heteroatoms. The predicted octanol–water partition coefficient (Wildman–Crippen LogP) is 3.03. The molecule has 2 N–H and O–H groups in total. The number of thioether (sulfide) groups is 1. The van der Waals surface area contributed by atoms with Crippen LogP contribution < -0.4 is 5.73 Å². The van der Waals surface area contributed by atoms with E-state index in [4.69, 9.17) is 5.73 Å². The van der Waals surface area contributed by atoms with E-state index < -0.39 is 0 Å². The summed E-state index contributed by atoms with van der Waals surface area (Å²) in [6.45, 7) is 0. The van der Waals surface area contributed by atoms with Crippen molar-refractivity contribution in [2.75, 3.05) is 5.75 Å². The van der Waals surface area contributed by atoms with E-state index in [0.717, 1.165) is 10.2 Å². The van der Waals surface area contributed by atoms with Crippen LogP contribution in [0.15, 0.2) is 33.6 Å². The van der Waals surface area contributed by atoms with E-state index >= 15 is 0 Å². The fourth-order valence-electron chi connectivity index (χ4n) is 1.06. The van der Waals surface area contributed by atoms with Crippen molar-refractivity contribution in [3.8, 4) is 0 Å². The SMILES string of the molecule is NC1(CSc2ccc(Br)cc2)CC1. The monoisotopic (exact) mass is 257 g/mol. The van der Waals surface area contributed by atoms with Crippen molar-refractivity contribution in [2.24, 2.45) is 5.73 Å². The van der Waals surface area contributed by atoms with Crippen LogP contribution in [0.1, 0.15) is 12.8 Å². The van der Waals surface area contributed by atoms with E-state index in [2.05, 4.69) is 40.2 Å². The fourth-order valence-corrected chi connectivity index (χ4v) is 2.40. The molecule has 0 unspecified atom stereocenters. The zero-order valence-electron chi connectivity index (χ0n) is 7.29. The van der Waals surface area contributed by atoms with Crippen LogP contribution in [0.25, 0.3) is 0 Å². The Morgan fingerprint density at radius 2 is 1.92 bits per heavy atom. The van der Waals surface area contributed by atoms with Crippen molar-refractivity contribution in [1.82, 2.24) is 0 Å². The predicted molar refractivity (Wildman–Crippen MR) is 61.0 cm³/mol. The van der Waals surface area contributed by atoms with Gasteiger partial charge < -0.3 is 5.73 Å². The highest BCUT2D eigenvalue weighted by Gasteiger charge is 2.37. The minimum Gasteiger partial charge on any atom is -0.324 e. The third kappa shape index (κ3) is 2.73. The molecule has 1 aromatic carbocycles. The molecule has 1 saturated carbocycles. The minimum absolute atomic E-state index is 0.151. The van der Waals surface area contributed by atoms with Gasteiger partial charge in [-0.3, -0.25) is 0 Å². The quantitative estimate of drug-likeness (QED) is 0.843. The van der Waals surface area contributed by atoms with Crippen LogP contribution in [-0.2, 0) is 0 Å². The summed E-state index contributed by atoms with van der Waals surface area (Å²) in [5.41, 5.74) is 6.14. The molecule has 1 nitrogen and oxygen atoms in total. The van der Waals surface area contributed by atoms with Crippen LogP contribution in [0.2, 0.25) is 0 Å². The van der Waals surface area contributed by atoms with Gasteiger partial charge in [0.25, 0.3) is 0 Å². The molecule has 2 rings (SSSR count). The normalized spacial score (nSPS) is 18.6. The molecule has 0 spiro atoms. The van der Waals surface area contributed by atoms with Gasteiger partial charge in [-0.2, -0.15) is 0 Å². The van der Waals surface area contributed by atoms with E-state index in [-0.39, 0.29) is 5.54 Å². The fraction of sp³-hybridized carbons (Fsp3) is 0.400. The first-order valence-electron chi connectivity index (χ1n) is 4.35. The number of rotatable bonds is 3. The molecular weight excluding hydrogens is 246 g/mol. The zero-order valence-corrected chi connectivity index (χ0v) is 9.70. The lowest BCUT2D eigenvalue weighted by molar-refractivity contribution is 0.776. The van der Waals surface area contributed by atoms with Gasteiger partial charge in [-0.05, 0) is 37.1 Å². The molecule has 0 saturated heterocycles. The van der Waals surface area contributed by atoms with Gasteiger partial charge in [-0.1, -0.05) is 15.9 Å². The second-order valence-corrected chi connectivity index (χ2v) is 5.57. The lowest BCUT2D eigenvalue weighted by Crippen LogP contribution is -2.24. The average molecular weight is 258 g/mol. The van der Waals surface area contributed by atoms with E-state index in [1.807, 2.05) is 11.8 Å². The molecular formula is C10H12BrNS. The maximum Gasteiger partial charge on any atom is 0.0250 e. The first-order chi connectivity index (χ1) is 6.18. The Bertz CT molecular complexity index is 292. The summed E-state index contributed by atoms with van der Waals surface area (Å²) in [5, 5.41) is 0. The summed E-state index contributed by atoms with van der Waals surface area (Å²) in [6, 6.07) is 8.39. The Kier molecular flexibility index (Phi) is 2.67. The van der Waals surface area contributed by atoms with Gasteiger partial charge in [0.05, 0.1) is 0 Å². The van der Waals surface area contributed by atoms with Crippen LogP contribution in [-0.4, -0.2) is 11.3 Å². The largest absolute Gasteiger partial charge is 0.324 e. The second-order valence-electron chi connectivity index (χ2n) is 3.60. The molecule has 1 aliphatic carbocycles. The smallest absolute Gasteiger partial charge is 0.0250 e. The van der Waals surface area contributed by atoms with E-state index in [1.54, 1.807) is 0 Å². The van der Waals surface area contributed by atoms with Crippen molar-refractivity contribution in [3.05, 3.63) is 28.7 Å². The van der Waals surface area contributed by atoms with Gasteiger partial charge in [0.15, 0.2) is 0 Å². The highest BCUT2D eigenvalue weighted by Crippen LogP contribution is 2.37. The Hall–Kier alpha value is 0.01000. The maximum atomic E-state index is 5.99. The maximum absolute atomic E-state index is 5.99.